The highest BCUT2D eigenvalue weighted by Gasteiger charge is 2.27. The molecule has 0 aliphatic carbocycles. The van der Waals surface area contributed by atoms with Crippen molar-refractivity contribution in [1.82, 2.24) is 10.6 Å². The van der Waals surface area contributed by atoms with E-state index in [4.69, 9.17) is 16.3 Å². The van der Waals surface area contributed by atoms with Crippen molar-refractivity contribution in [2.24, 2.45) is 5.92 Å². The summed E-state index contributed by atoms with van der Waals surface area (Å²) in [5, 5.41) is 6.53. The van der Waals surface area contributed by atoms with Gasteiger partial charge in [-0.2, -0.15) is 0 Å². The van der Waals surface area contributed by atoms with Gasteiger partial charge in [-0.3, -0.25) is 9.59 Å². The summed E-state index contributed by atoms with van der Waals surface area (Å²) in [4.78, 5) is 28.1. The van der Waals surface area contributed by atoms with Gasteiger partial charge in [0, 0.05) is 29.4 Å². The van der Waals surface area contributed by atoms with Crippen molar-refractivity contribution in [2.75, 3.05) is 31.2 Å². The minimum absolute atomic E-state index is 0.0119. The Balaban J connectivity index is 1.64. The molecule has 0 spiro atoms. The fourth-order valence-electron chi connectivity index (χ4n) is 3.71. The van der Waals surface area contributed by atoms with Crippen LogP contribution in [0.25, 0.3) is 0 Å². The van der Waals surface area contributed by atoms with Crippen molar-refractivity contribution in [3.63, 3.8) is 0 Å². The zero-order valence-electron chi connectivity index (χ0n) is 18.9. The second-order valence-electron chi connectivity index (χ2n) is 8.26. The van der Waals surface area contributed by atoms with Gasteiger partial charge in [0.2, 0.25) is 5.91 Å². The van der Waals surface area contributed by atoms with E-state index in [9.17, 15) is 9.59 Å². The molecular weight excluding hydrogens is 426 g/mol. The predicted molar refractivity (Wildman–Crippen MR) is 128 cm³/mol. The van der Waals surface area contributed by atoms with Gasteiger partial charge in [-0.25, -0.2) is 0 Å². The first-order valence-corrected chi connectivity index (χ1v) is 11.6. The topological polar surface area (TPSA) is 70.7 Å². The lowest BCUT2D eigenvalue weighted by Gasteiger charge is -2.29. The molecule has 3 unspecified atom stereocenters. The highest BCUT2D eigenvalue weighted by molar-refractivity contribution is 6.30. The third kappa shape index (κ3) is 6.24. The smallest absolute Gasteiger partial charge is 0.251 e. The summed E-state index contributed by atoms with van der Waals surface area (Å²) in [7, 11) is 0. The maximum Gasteiger partial charge on any atom is 0.251 e. The van der Waals surface area contributed by atoms with Gasteiger partial charge in [-0.05, 0) is 54.8 Å². The first kappa shape index (κ1) is 24.1. The van der Waals surface area contributed by atoms with Gasteiger partial charge in [0.05, 0.1) is 19.3 Å². The minimum atomic E-state index is -0.627. The molecule has 1 aliphatic heterocycles. The number of hydrogen-bond acceptors (Lipinski definition) is 4. The second kappa shape index (κ2) is 11.3. The Kier molecular flexibility index (Phi) is 8.53. The third-order valence-corrected chi connectivity index (χ3v) is 6.27. The largest absolute Gasteiger partial charge is 0.378 e. The lowest BCUT2D eigenvalue weighted by Crippen LogP contribution is -2.50. The molecule has 2 amide bonds. The van der Waals surface area contributed by atoms with Gasteiger partial charge >= 0.3 is 0 Å². The standard InChI is InChI=1S/C25H32ClN3O3/c1-4-17(2)23(28-24(30)20-5-9-21(26)10-6-20)25(31)27-18(3)19-7-11-22(12-8-19)29-13-15-32-16-14-29/h5-12,17-18,23H,4,13-16H2,1-3H3,(H,27,31)(H,28,30). The zero-order chi connectivity index (χ0) is 23.1. The number of rotatable bonds is 8. The summed E-state index contributed by atoms with van der Waals surface area (Å²) in [5.74, 6) is -0.488. The van der Waals surface area contributed by atoms with Crippen molar-refractivity contribution < 1.29 is 14.3 Å². The first-order chi connectivity index (χ1) is 15.4. The Morgan fingerprint density at radius 1 is 1.00 bits per heavy atom. The molecule has 3 atom stereocenters. The van der Waals surface area contributed by atoms with E-state index in [2.05, 4.69) is 27.7 Å². The van der Waals surface area contributed by atoms with Crippen LogP contribution in [0.2, 0.25) is 5.02 Å². The number of nitrogens with one attached hydrogen (secondary N) is 2. The number of anilines is 1. The normalized spacial score (nSPS) is 16.7. The molecule has 1 aliphatic rings. The first-order valence-electron chi connectivity index (χ1n) is 11.2. The number of amides is 2. The van der Waals surface area contributed by atoms with Gasteiger partial charge in [-0.15, -0.1) is 0 Å². The number of nitrogens with zero attached hydrogens (tertiary/aromatic N) is 1. The molecule has 1 heterocycles. The van der Waals surface area contributed by atoms with Crippen molar-refractivity contribution in [3.05, 3.63) is 64.7 Å². The van der Waals surface area contributed by atoms with Gasteiger partial charge in [0.15, 0.2) is 0 Å². The molecule has 172 valence electrons. The number of ether oxygens (including phenoxy) is 1. The lowest BCUT2D eigenvalue weighted by molar-refractivity contribution is -0.124. The molecule has 2 aromatic rings. The molecule has 1 fully saturated rings. The summed E-state index contributed by atoms with van der Waals surface area (Å²) in [6.07, 6.45) is 0.765. The van der Waals surface area contributed by atoms with E-state index in [0.29, 0.717) is 10.6 Å². The fourth-order valence-corrected chi connectivity index (χ4v) is 3.84. The molecule has 6 nitrogen and oxygen atoms in total. The van der Waals surface area contributed by atoms with Crippen molar-refractivity contribution >= 4 is 29.1 Å². The van der Waals surface area contributed by atoms with E-state index in [1.165, 1.54) is 0 Å². The van der Waals surface area contributed by atoms with Crippen molar-refractivity contribution in [3.8, 4) is 0 Å². The summed E-state index contributed by atoms with van der Waals surface area (Å²) < 4.78 is 5.41. The van der Waals surface area contributed by atoms with Crippen LogP contribution in [0.5, 0.6) is 0 Å². The highest BCUT2D eigenvalue weighted by Crippen LogP contribution is 2.21. The lowest BCUT2D eigenvalue weighted by atomic mass is 9.97. The molecule has 3 rings (SSSR count). The summed E-state index contributed by atoms with van der Waals surface area (Å²) in [6.45, 7) is 9.18. The van der Waals surface area contributed by atoms with Gasteiger partial charge in [-0.1, -0.05) is 44.0 Å². The van der Waals surface area contributed by atoms with Crippen LogP contribution in [0.1, 0.15) is 49.2 Å². The number of halogens is 1. The predicted octanol–water partition coefficient (Wildman–Crippen LogP) is 4.20. The summed E-state index contributed by atoms with van der Waals surface area (Å²) in [5.41, 5.74) is 2.65. The van der Waals surface area contributed by atoms with Crippen molar-refractivity contribution in [2.45, 2.75) is 39.3 Å². The monoisotopic (exact) mass is 457 g/mol. The van der Waals surface area contributed by atoms with Crippen molar-refractivity contribution in [1.29, 1.82) is 0 Å². The van der Waals surface area contributed by atoms with Crippen LogP contribution in [-0.4, -0.2) is 44.2 Å². The van der Waals surface area contributed by atoms with E-state index in [1.54, 1.807) is 24.3 Å². The van der Waals surface area contributed by atoms with Gasteiger partial charge in [0.1, 0.15) is 6.04 Å². The summed E-state index contributed by atoms with van der Waals surface area (Å²) in [6, 6.07) is 14.1. The summed E-state index contributed by atoms with van der Waals surface area (Å²) >= 11 is 5.91. The van der Waals surface area contributed by atoms with Crippen LogP contribution in [0, 0.1) is 5.92 Å². The SMILES string of the molecule is CCC(C)C(NC(=O)c1ccc(Cl)cc1)C(=O)NC(C)c1ccc(N2CCOCC2)cc1. The number of carbonyl (C=O) groups excluding carboxylic acids is 2. The fraction of sp³-hybridized carbons (Fsp3) is 0.440. The average Bonchev–Trinajstić information content (AvgIpc) is 2.82. The molecule has 2 aromatic carbocycles. The van der Waals surface area contributed by atoms with Crippen LogP contribution in [0.4, 0.5) is 5.69 Å². The van der Waals surface area contributed by atoms with E-state index >= 15 is 0 Å². The van der Waals surface area contributed by atoms with Crippen LogP contribution < -0.4 is 15.5 Å². The van der Waals surface area contributed by atoms with E-state index in [1.807, 2.05) is 32.9 Å². The molecular formula is C25H32ClN3O3. The third-order valence-electron chi connectivity index (χ3n) is 6.02. The van der Waals surface area contributed by atoms with Crippen LogP contribution >= 0.6 is 11.6 Å². The van der Waals surface area contributed by atoms with E-state index in [0.717, 1.165) is 44.0 Å². The highest BCUT2D eigenvalue weighted by atomic mass is 35.5. The molecule has 0 aromatic heterocycles. The zero-order valence-corrected chi connectivity index (χ0v) is 19.7. The maximum atomic E-state index is 13.1. The Hall–Kier alpha value is -2.57. The van der Waals surface area contributed by atoms with E-state index < -0.39 is 6.04 Å². The molecule has 0 saturated carbocycles. The Morgan fingerprint density at radius 3 is 2.22 bits per heavy atom. The molecule has 1 saturated heterocycles. The van der Waals surface area contributed by atoms with E-state index in [-0.39, 0.29) is 23.8 Å². The van der Waals surface area contributed by atoms with Gasteiger partial charge in [0.25, 0.3) is 5.91 Å². The quantitative estimate of drug-likeness (QED) is 0.623. The molecule has 0 bridgehead atoms. The minimum Gasteiger partial charge on any atom is -0.378 e. The number of hydrogen-bond donors (Lipinski definition) is 2. The molecule has 2 N–H and O–H groups in total. The number of morpholine rings is 1. The Bertz CT molecular complexity index is 896. The molecule has 0 radical (unpaired) electrons. The van der Waals surface area contributed by atoms with Crippen LogP contribution in [-0.2, 0) is 9.53 Å². The van der Waals surface area contributed by atoms with Crippen LogP contribution in [0.3, 0.4) is 0 Å². The maximum absolute atomic E-state index is 13.1. The number of benzene rings is 2. The Labute approximate surface area is 195 Å². The van der Waals surface area contributed by atoms with Gasteiger partial charge < -0.3 is 20.3 Å². The Morgan fingerprint density at radius 2 is 1.62 bits per heavy atom. The molecule has 32 heavy (non-hydrogen) atoms. The second-order valence-corrected chi connectivity index (χ2v) is 8.70. The number of carbonyl (C=O) groups is 2. The molecule has 7 heteroatoms. The van der Waals surface area contributed by atoms with Crippen LogP contribution in [0.15, 0.2) is 48.5 Å². The average molecular weight is 458 g/mol.